The summed E-state index contributed by atoms with van der Waals surface area (Å²) in [4.78, 5) is 17.8. The lowest BCUT2D eigenvalue weighted by Crippen LogP contribution is -2.12. The lowest BCUT2D eigenvalue weighted by Gasteiger charge is -2.13. The van der Waals surface area contributed by atoms with Crippen LogP contribution < -0.4 is 5.32 Å². The van der Waals surface area contributed by atoms with Gasteiger partial charge in [0.15, 0.2) is 0 Å². The van der Waals surface area contributed by atoms with Crippen LogP contribution in [0, 0.1) is 0 Å². The summed E-state index contributed by atoms with van der Waals surface area (Å²) in [5.41, 5.74) is 6.09. The van der Waals surface area contributed by atoms with Crippen molar-refractivity contribution in [3.8, 4) is 0 Å². The highest BCUT2D eigenvalue weighted by atomic mass is 32.1. The molecule has 0 saturated carbocycles. The van der Waals surface area contributed by atoms with Crippen molar-refractivity contribution in [1.82, 2.24) is 0 Å². The summed E-state index contributed by atoms with van der Waals surface area (Å²) in [6.45, 7) is 1.58. The third-order valence-electron chi connectivity index (χ3n) is 4.35. The zero-order valence-electron chi connectivity index (χ0n) is 12.6. The van der Waals surface area contributed by atoms with E-state index in [2.05, 4.69) is 23.5 Å². The van der Waals surface area contributed by atoms with Crippen molar-refractivity contribution in [2.75, 3.05) is 5.32 Å². The van der Waals surface area contributed by atoms with Gasteiger partial charge in [0.25, 0.3) is 0 Å². The summed E-state index contributed by atoms with van der Waals surface area (Å²) in [6, 6.07) is 8.31. The number of benzene rings is 1. The molecule has 1 aromatic heterocycles. The van der Waals surface area contributed by atoms with E-state index in [4.69, 9.17) is 4.99 Å². The van der Waals surface area contributed by atoms with Gasteiger partial charge in [-0.15, -0.1) is 11.3 Å². The van der Waals surface area contributed by atoms with Crippen LogP contribution in [-0.2, 0) is 24.1 Å². The minimum atomic E-state index is -0.00374. The molecule has 1 aliphatic heterocycles. The van der Waals surface area contributed by atoms with Gasteiger partial charge in [0.1, 0.15) is 5.00 Å². The van der Waals surface area contributed by atoms with E-state index < -0.39 is 0 Å². The molecule has 3 nitrogen and oxygen atoms in total. The normalized spacial score (nSPS) is 16.0. The summed E-state index contributed by atoms with van der Waals surface area (Å²) in [5.74, 6) is -0.00374. The number of para-hydroxylation sites is 1. The third kappa shape index (κ3) is 2.28. The first-order valence-corrected chi connectivity index (χ1v) is 8.62. The summed E-state index contributed by atoms with van der Waals surface area (Å²) >= 11 is 1.74. The number of amides is 1. The van der Waals surface area contributed by atoms with E-state index >= 15 is 0 Å². The average Bonchev–Trinajstić information content (AvgIpc) is 3.06. The van der Waals surface area contributed by atoms with Gasteiger partial charge in [0.2, 0.25) is 5.91 Å². The fraction of sp³-hybridized carbons (Fsp3) is 0.333. The van der Waals surface area contributed by atoms with Gasteiger partial charge in [-0.05, 0) is 42.9 Å². The van der Waals surface area contributed by atoms with Crippen LogP contribution in [-0.4, -0.2) is 11.6 Å². The topological polar surface area (TPSA) is 41.5 Å². The van der Waals surface area contributed by atoms with E-state index in [1.54, 1.807) is 18.3 Å². The maximum absolute atomic E-state index is 11.6. The summed E-state index contributed by atoms with van der Waals surface area (Å²) < 4.78 is 0. The molecule has 1 N–H and O–H groups in total. The van der Waals surface area contributed by atoms with Gasteiger partial charge in [0.05, 0.1) is 11.4 Å². The minimum absolute atomic E-state index is 0.00374. The fourth-order valence-electron chi connectivity index (χ4n) is 3.40. The van der Waals surface area contributed by atoms with Gasteiger partial charge < -0.3 is 5.32 Å². The number of fused-ring (bicyclic) bond motifs is 2. The number of thiophene rings is 1. The second kappa shape index (κ2) is 5.36. The molecule has 112 valence electrons. The standard InChI is InChI=1S/C18H18N2OS/c1-11(21)19-18-17(13-7-3-5-9-16(13)22-18)15-10-12-6-2-4-8-14(12)20-15/h2,4,6,8H,3,5,7,9-10H2,1H3,(H,19,21). The van der Waals surface area contributed by atoms with Crippen molar-refractivity contribution >= 4 is 33.6 Å². The van der Waals surface area contributed by atoms with Crippen LogP contribution in [0.5, 0.6) is 0 Å². The molecule has 0 fully saturated rings. The largest absolute Gasteiger partial charge is 0.317 e. The number of hydrogen-bond acceptors (Lipinski definition) is 3. The van der Waals surface area contributed by atoms with Crippen molar-refractivity contribution in [2.24, 2.45) is 4.99 Å². The molecule has 1 aromatic carbocycles. The highest BCUT2D eigenvalue weighted by Gasteiger charge is 2.27. The van der Waals surface area contributed by atoms with Crippen LogP contribution in [0.2, 0.25) is 0 Å². The van der Waals surface area contributed by atoms with E-state index in [0.29, 0.717) is 0 Å². The minimum Gasteiger partial charge on any atom is -0.317 e. The predicted octanol–water partition coefficient (Wildman–Crippen LogP) is 4.26. The summed E-state index contributed by atoms with van der Waals surface area (Å²) in [5, 5.41) is 4.02. The number of rotatable bonds is 2. The average molecular weight is 310 g/mol. The van der Waals surface area contributed by atoms with E-state index in [0.717, 1.165) is 35.7 Å². The first-order chi connectivity index (χ1) is 10.7. The molecule has 0 atom stereocenters. The Morgan fingerprint density at radius 2 is 2.05 bits per heavy atom. The number of nitrogens with one attached hydrogen (secondary N) is 1. The Kier molecular flexibility index (Phi) is 3.34. The smallest absolute Gasteiger partial charge is 0.221 e. The van der Waals surface area contributed by atoms with E-state index in [-0.39, 0.29) is 5.91 Å². The molecule has 0 radical (unpaired) electrons. The predicted molar refractivity (Wildman–Crippen MR) is 91.6 cm³/mol. The van der Waals surface area contributed by atoms with Crippen LogP contribution in [0.15, 0.2) is 29.3 Å². The van der Waals surface area contributed by atoms with Gasteiger partial charge in [0, 0.05) is 23.8 Å². The highest BCUT2D eigenvalue weighted by molar-refractivity contribution is 7.17. The second-order valence-corrected chi connectivity index (χ2v) is 7.07. The van der Waals surface area contributed by atoms with Gasteiger partial charge in [-0.1, -0.05) is 18.2 Å². The number of aliphatic imine (C=N–C) groups is 1. The molecule has 4 heteroatoms. The molecule has 0 bridgehead atoms. The van der Waals surface area contributed by atoms with Crippen molar-refractivity contribution < 1.29 is 4.79 Å². The SMILES string of the molecule is CC(=O)Nc1sc2c(c1C1=Nc3ccccc3C1)CCCC2. The third-order valence-corrected chi connectivity index (χ3v) is 5.56. The molecule has 1 amide bonds. The Morgan fingerprint density at radius 1 is 1.23 bits per heavy atom. The Morgan fingerprint density at radius 3 is 2.86 bits per heavy atom. The molecule has 0 saturated heterocycles. The summed E-state index contributed by atoms with van der Waals surface area (Å²) in [7, 11) is 0. The monoisotopic (exact) mass is 310 g/mol. The maximum Gasteiger partial charge on any atom is 0.221 e. The van der Waals surface area contributed by atoms with Crippen LogP contribution in [0.4, 0.5) is 10.7 Å². The first-order valence-electron chi connectivity index (χ1n) is 7.80. The lowest BCUT2D eigenvalue weighted by molar-refractivity contribution is -0.114. The molecule has 0 unspecified atom stereocenters. The number of anilines is 1. The number of nitrogens with zero attached hydrogens (tertiary/aromatic N) is 1. The van der Waals surface area contributed by atoms with Gasteiger partial charge in [-0.25, -0.2) is 0 Å². The fourth-order valence-corrected chi connectivity index (χ4v) is 4.76. The molecular weight excluding hydrogens is 292 g/mol. The van der Waals surface area contributed by atoms with Crippen molar-refractivity contribution in [3.05, 3.63) is 45.8 Å². The number of carbonyl (C=O) groups excluding carboxylic acids is 1. The Balaban J connectivity index is 1.81. The first kappa shape index (κ1) is 13.7. The van der Waals surface area contributed by atoms with Crippen molar-refractivity contribution in [2.45, 2.75) is 39.0 Å². The van der Waals surface area contributed by atoms with Gasteiger partial charge in [-0.2, -0.15) is 0 Å². The Labute approximate surface area is 134 Å². The number of hydrogen-bond donors (Lipinski definition) is 1. The Hall–Kier alpha value is -1.94. The van der Waals surface area contributed by atoms with Gasteiger partial charge >= 0.3 is 0 Å². The molecule has 2 aliphatic rings. The van der Waals surface area contributed by atoms with E-state index in [9.17, 15) is 4.79 Å². The number of carbonyl (C=O) groups is 1. The van der Waals surface area contributed by atoms with Crippen LogP contribution in [0.3, 0.4) is 0 Å². The zero-order valence-corrected chi connectivity index (χ0v) is 13.4. The van der Waals surface area contributed by atoms with E-state index in [1.165, 1.54) is 34.4 Å². The second-order valence-electron chi connectivity index (χ2n) is 5.96. The van der Waals surface area contributed by atoms with Gasteiger partial charge in [-0.3, -0.25) is 9.79 Å². The molecule has 22 heavy (non-hydrogen) atoms. The molecule has 0 spiro atoms. The highest BCUT2D eigenvalue weighted by Crippen LogP contribution is 2.41. The number of aryl methyl sites for hydroxylation is 1. The van der Waals surface area contributed by atoms with Crippen LogP contribution in [0.25, 0.3) is 0 Å². The van der Waals surface area contributed by atoms with Crippen molar-refractivity contribution in [3.63, 3.8) is 0 Å². The lowest BCUT2D eigenvalue weighted by atomic mass is 9.92. The Bertz CT molecular complexity index is 788. The maximum atomic E-state index is 11.6. The molecule has 2 heterocycles. The molecule has 1 aliphatic carbocycles. The molecule has 4 rings (SSSR count). The van der Waals surface area contributed by atoms with Crippen LogP contribution >= 0.6 is 11.3 Å². The zero-order chi connectivity index (χ0) is 15.1. The summed E-state index contributed by atoms with van der Waals surface area (Å²) in [6.07, 6.45) is 5.59. The quantitative estimate of drug-likeness (QED) is 0.884. The van der Waals surface area contributed by atoms with E-state index in [1.807, 2.05) is 6.07 Å². The van der Waals surface area contributed by atoms with Crippen molar-refractivity contribution in [1.29, 1.82) is 0 Å². The van der Waals surface area contributed by atoms with Crippen LogP contribution in [0.1, 0.15) is 41.3 Å². The molecule has 2 aromatic rings. The molecular formula is C18H18N2OS.